The number of alkyl halides is 3. The second kappa shape index (κ2) is 9.13. The van der Waals surface area contributed by atoms with Crippen LogP contribution in [0, 0.1) is 5.92 Å². The first-order valence-corrected chi connectivity index (χ1v) is 11.2. The molecule has 1 atom stereocenters. The van der Waals surface area contributed by atoms with Crippen LogP contribution >= 0.6 is 11.6 Å². The lowest BCUT2D eigenvalue weighted by Crippen LogP contribution is -2.51. The first-order valence-electron chi connectivity index (χ1n) is 9.37. The van der Waals surface area contributed by atoms with Crippen LogP contribution in [0.15, 0.2) is 40.1 Å². The molecular weight excluding hydrogens is 461 g/mol. The molecule has 0 saturated heterocycles. The van der Waals surface area contributed by atoms with Gasteiger partial charge in [-0.25, -0.2) is 8.42 Å². The van der Waals surface area contributed by atoms with Gasteiger partial charge in [0.05, 0.1) is 4.90 Å². The number of benzene rings is 1. The van der Waals surface area contributed by atoms with E-state index in [1.165, 1.54) is 30.7 Å². The smallest absolute Gasteiger partial charge is 0.368 e. The third kappa shape index (κ3) is 5.74. The van der Waals surface area contributed by atoms with Crippen LogP contribution in [0.25, 0.3) is 0 Å². The molecule has 31 heavy (non-hydrogen) atoms. The second-order valence-corrected chi connectivity index (χ2v) is 9.75. The van der Waals surface area contributed by atoms with Gasteiger partial charge in [0.1, 0.15) is 6.04 Å². The number of primary amides is 1. The maximum Gasteiger partial charge on any atom is 0.389 e. The molecule has 1 aliphatic carbocycles. The molecule has 1 aromatic carbocycles. The minimum Gasteiger partial charge on any atom is -0.368 e. The summed E-state index contributed by atoms with van der Waals surface area (Å²) in [5, 5.41) is 4.03. The third-order valence-corrected chi connectivity index (χ3v) is 7.36. The van der Waals surface area contributed by atoms with E-state index in [0.717, 1.165) is 4.31 Å². The lowest BCUT2D eigenvalue weighted by atomic mass is 9.74. The quantitative estimate of drug-likeness (QED) is 0.589. The Balaban J connectivity index is 1.85. The number of carbonyl (C=O) groups is 1. The predicted octanol–water partition coefficient (Wildman–Crippen LogP) is 3.10. The number of halogens is 4. The first-order chi connectivity index (χ1) is 14.5. The molecule has 2 aromatic rings. The number of carbonyl (C=O) groups excluding carboxylic acids is 1. The van der Waals surface area contributed by atoms with E-state index >= 15 is 0 Å². The van der Waals surface area contributed by atoms with Gasteiger partial charge < -0.3 is 10.3 Å². The molecule has 13 heteroatoms. The summed E-state index contributed by atoms with van der Waals surface area (Å²) < 4.78 is 70.4. The highest BCUT2D eigenvalue weighted by molar-refractivity contribution is 7.89. The van der Waals surface area contributed by atoms with Gasteiger partial charge in [0, 0.05) is 23.9 Å². The summed E-state index contributed by atoms with van der Waals surface area (Å²) in [6.07, 6.45) is -4.51. The van der Waals surface area contributed by atoms with Crippen LogP contribution in [0.4, 0.5) is 13.2 Å². The maximum absolute atomic E-state index is 13.3. The summed E-state index contributed by atoms with van der Waals surface area (Å²) in [5.74, 6) is -0.924. The van der Waals surface area contributed by atoms with E-state index in [-0.39, 0.29) is 28.3 Å². The molecule has 0 aliphatic heterocycles. The Morgan fingerprint density at radius 1 is 1.29 bits per heavy atom. The van der Waals surface area contributed by atoms with Gasteiger partial charge >= 0.3 is 6.18 Å². The fourth-order valence-corrected chi connectivity index (χ4v) is 5.40. The normalized spacial score (nSPS) is 20.4. The van der Waals surface area contributed by atoms with Crippen molar-refractivity contribution in [2.45, 2.75) is 48.7 Å². The molecule has 0 unspecified atom stereocenters. The summed E-state index contributed by atoms with van der Waals surface area (Å²) in [6, 6.07) is 3.51. The zero-order valence-electron chi connectivity index (χ0n) is 16.1. The first kappa shape index (κ1) is 23.5. The molecule has 170 valence electrons. The summed E-state index contributed by atoms with van der Waals surface area (Å²) in [5.41, 5.74) is 5.34. The molecule has 1 aromatic heterocycles. The van der Waals surface area contributed by atoms with Gasteiger partial charge in [0.15, 0.2) is 5.82 Å². The Morgan fingerprint density at radius 2 is 1.94 bits per heavy atom. The number of aromatic nitrogens is 2. The van der Waals surface area contributed by atoms with Crippen LogP contribution < -0.4 is 5.73 Å². The molecular formula is C18H20ClF3N4O4S. The molecule has 1 saturated carbocycles. The standard InChI is InChI=1S/C18H20ClF3N4O4S/c19-13-1-3-14(4-2-13)31(28,29)26(15(16(23)27)5-6-18(20,21)22)9-11-7-12(8-11)17-24-10-30-25-17/h1-4,10-12,15H,5-9H2,(H2,23,27)/t11?,12?,15-/m1/s1. The zero-order valence-corrected chi connectivity index (χ0v) is 17.7. The van der Waals surface area contributed by atoms with Crippen molar-refractivity contribution in [2.75, 3.05) is 6.54 Å². The molecule has 8 nitrogen and oxygen atoms in total. The fraction of sp³-hybridized carbons (Fsp3) is 0.500. The van der Waals surface area contributed by atoms with Crippen LogP contribution in [-0.4, -0.2) is 47.5 Å². The van der Waals surface area contributed by atoms with Gasteiger partial charge in [-0.15, -0.1) is 0 Å². The highest BCUT2D eigenvalue weighted by Crippen LogP contribution is 2.41. The largest absolute Gasteiger partial charge is 0.389 e. The Labute approximate surface area is 181 Å². The Morgan fingerprint density at radius 3 is 2.45 bits per heavy atom. The predicted molar refractivity (Wildman–Crippen MR) is 103 cm³/mol. The minimum absolute atomic E-state index is 0.0500. The molecule has 1 amide bonds. The van der Waals surface area contributed by atoms with Crippen molar-refractivity contribution in [3.63, 3.8) is 0 Å². The molecule has 0 bridgehead atoms. The molecule has 0 spiro atoms. The Hall–Kier alpha value is -2.18. The van der Waals surface area contributed by atoms with Crippen LogP contribution in [0.5, 0.6) is 0 Å². The highest BCUT2D eigenvalue weighted by atomic mass is 35.5. The molecule has 0 radical (unpaired) electrons. The summed E-state index contributed by atoms with van der Waals surface area (Å²) in [4.78, 5) is 15.8. The van der Waals surface area contributed by atoms with Crippen molar-refractivity contribution < 1.29 is 30.9 Å². The third-order valence-electron chi connectivity index (χ3n) is 5.21. The van der Waals surface area contributed by atoms with Crippen molar-refractivity contribution in [2.24, 2.45) is 11.7 Å². The van der Waals surface area contributed by atoms with Crippen LogP contribution in [-0.2, 0) is 14.8 Å². The van der Waals surface area contributed by atoms with E-state index < -0.39 is 41.0 Å². The van der Waals surface area contributed by atoms with Gasteiger partial charge in [0.25, 0.3) is 0 Å². The van der Waals surface area contributed by atoms with Gasteiger partial charge in [-0.05, 0) is 49.4 Å². The Bertz CT molecular complexity index is 994. The number of hydrogen-bond donors (Lipinski definition) is 1. The monoisotopic (exact) mass is 480 g/mol. The lowest BCUT2D eigenvalue weighted by Gasteiger charge is -2.38. The van der Waals surface area contributed by atoms with Gasteiger partial charge in [-0.2, -0.15) is 22.5 Å². The minimum atomic E-state index is -4.57. The van der Waals surface area contributed by atoms with Gasteiger partial charge in [0.2, 0.25) is 22.3 Å². The highest BCUT2D eigenvalue weighted by Gasteiger charge is 2.42. The van der Waals surface area contributed by atoms with E-state index in [0.29, 0.717) is 18.7 Å². The van der Waals surface area contributed by atoms with Crippen molar-refractivity contribution in [1.29, 1.82) is 0 Å². The fourth-order valence-electron chi connectivity index (χ4n) is 3.57. The van der Waals surface area contributed by atoms with Crippen molar-refractivity contribution in [1.82, 2.24) is 14.4 Å². The van der Waals surface area contributed by atoms with Crippen LogP contribution in [0.2, 0.25) is 5.02 Å². The van der Waals surface area contributed by atoms with Crippen LogP contribution in [0.3, 0.4) is 0 Å². The van der Waals surface area contributed by atoms with E-state index in [4.69, 9.17) is 21.9 Å². The molecule has 2 N–H and O–H groups in total. The van der Waals surface area contributed by atoms with E-state index in [1.54, 1.807) is 0 Å². The molecule has 1 fully saturated rings. The summed E-state index contributed by atoms with van der Waals surface area (Å²) in [7, 11) is -4.32. The average molecular weight is 481 g/mol. The Kier molecular flexibility index (Phi) is 6.92. The lowest BCUT2D eigenvalue weighted by molar-refractivity contribution is -0.140. The molecule has 1 heterocycles. The molecule has 3 rings (SSSR count). The maximum atomic E-state index is 13.3. The van der Waals surface area contributed by atoms with Crippen molar-refractivity contribution >= 4 is 27.5 Å². The van der Waals surface area contributed by atoms with E-state index in [9.17, 15) is 26.4 Å². The SMILES string of the molecule is NC(=O)[C@@H](CCC(F)(F)F)N(CC1CC(c2ncon2)C1)S(=O)(=O)c1ccc(Cl)cc1. The molecule has 1 aliphatic rings. The topological polar surface area (TPSA) is 119 Å². The number of rotatable bonds is 9. The number of sulfonamides is 1. The van der Waals surface area contributed by atoms with E-state index in [2.05, 4.69) is 10.1 Å². The van der Waals surface area contributed by atoms with Crippen molar-refractivity contribution in [3.8, 4) is 0 Å². The zero-order chi connectivity index (χ0) is 22.8. The number of nitrogens with zero attached hydrogens (tertiary/aromatic N) is 3. The van der Waals surface area contributed by atoms with Crippen molar-refractivity contribution in [3.05, 3.63) is 41.5 Å². The summed E-state index contributed by atoms with van der Waals surface area (Å²) in [6.45, 7) is -0.162. The number of amides is 1. The van der Waals surface area contributed by atoms with Gasteiger partial charge in [-0.1, -0.05) is 16.8 Å². The number of nitrogens with two attached hydrogens (primary N) is 1. The van der Waals surface area contributed by atoms with Crippen LogP contribution in [0.1, 0.15) is 37.4 Å². The van der Waals surface area contributed by atoms with E-state index in [1.807, 2.05) is 0 Å². The number of hydrogen-bond acceptors (Lipinski definition) is 6. The summed E-state index contributed by atoms with van der Waals surface area (Å²) >= 11 is 5.81. The average Bonchev–Trinajstić information content (AvgIpc) is 3.15. The van der Waals surface area contributed by atoms with Gasteiger partial charge in [-0.3, -0.25) is 4.79 Å². The second-order valence-electron chi connectivity index (χ2n) is 7.42.